The highest BCUT2D eigenvalue weighted by molar-refractivity contribution is 6.39. The van der Waals surface area contributed by atoms with Crippen molar-refractivity contribution in [2.75, 3.05) is 6.54 Å². The Labute approximate surface area is 334 Å². The van der Waals surface area contributed by atoms with E-state index in [4.69, 9.17) is 9.47 Å². The van der Waals surface area contributed by atoms with E-state index in [0.717, 1.165) is 32.1 Å². The number of carbonyl (C=O) groups excluding carboxylic acids is 4. The molecule has 3 aliphatic heterocycles. The van der Waals surface area contributed by atoms with Gasteiger partial charge < -0.3 is 34.8 Å². The first-order chi connectivity index (χ1) is 26.5. The van der Waals surface area contributed by atoms with Crippen molar-refractivity contribution in [1.82, 2.24) is 4.90 Å². The van der Waals surface area contributed by atoms with Gasteiger partial charge in [-0.25, -0.2) is 4.79 Å². The molecule has 11 nitrogen and oxygen atoms in total. The van der Waals surface area contributed by atoms with Gasteiger partial charge in [0.25, 0.3) is 11.7 Å². The normalized spacial score (nSPS) is 40.5. The molecular weight excluding hydrogens is 714 g/mol. The molecule has 56 heavy (non-hydrogen) atoms. The summed E-state index contributed by atoms with van der Waals surface area (Å²) < 4.78 is 12.3. The van der Waals surface area contributed by atoms with Crippen molar-refractivity contribution < 1.29 is 49.1 Å². The van der Waals surface area contributed by atoms with Crippen molar-refractivity contribution in [2.45, 2.75) is 174 Å². The predicted octanol–water partition coefficient (Wildman–Crippen LogP) is 6.07. The van der Waals surface area contributed by atoms with E-state index < -0.39 is 59.8 Å². The van der Waals surface area contributed by atoms with Crippen molar-refractivity contribution in [2.24, 2.45) is 29.6 Å². The summed E-state index contributed by atoms with van der Waals surface area (Å²) in [6, 6.07) is -1.03. The highest BCUT2D eigenvalue weighted by atomic mass is 16.6. The van der Waals surface area contributed by atoms with Gasteiger partial charge in [0.15, 0.2) is 0 Å². The monoisotopic (exact) mass is 783 g/mol. The number of cyclic esters (lactones) is 1. The maximum absolute atomic E-state index is 14.1. The molecule has 2 saturated heterocycles. The fourth-order valence-corrected chi connectivity index (χ4v) is 8.72. The minimum atomic E-state index is -2.42. The van der Waals surface area contributed by atoms with Crippen LogP contribution in [0.2, 0.25) is 0 Å². The van der Waals surface area contributed by atoms with Gasteiger partial charge in [-0.15, -0.1) is 0 Å². The Morgan fingerprint density at radius 2 is 1.57 bits per heavy atom. The molecule has 0 aromatic heterocycles. The fraction of sp³-hybridized carbons (Fsp3) is 0.733. The minimum absolute atomic E-state index is 0.0284. The summed E-state index contributed by atoms with van der Waals surface area (Å²) in [6.07, 6.45) is 15.0. The molecule has 0 aromatic carbocycles. The third-order valence-electron chi connectivity index (χ3n) is 12.8. The summed E-state index contributed by atoms with van der Waals surface area (Å²) in [5.41, 5.74) is 1.27. The van der Waals surface area contributed by atoms with E-state index in [1.807, 2.05) is 51.2 Å². The van der Waals surface area contributed by atoms with E-state index in [1.54, 1.807) is 26.8 Å². The molecule has 10 atom stereocenters. The topological polar surface area (TPSA) is 171 Å². The average Bonchev–Trinajstić information content (AvgIpc) is 3.17. The van der Waals surface area contributed by atoms with Gasteiger partial charge in [-0.1, -0.05) is 64.2 Å². The lowest BCUT2D eigenvalue weighted by Gasteiger charge is -2.42. The molecule has 0 radical (unpaired) electrons. The van der Waals surface area contributed by atoms with Crippen LogP contribution in [0.15, 0.2) is 47.6 Å². The Balaban J connectivity index is 1.63. The molecule has 1 aliphatic carbocycles. The molecule has 314 valence electrons. The van der Waals surface area contributed by atoms with Gasteiger partial charge in [-0.2, -0.15) is 0 Å². The number of ketones is 2. The number of piperidine rings is 1. The standard InChI is InChI=1S/C45H69NO10/c1-28-12-8-7-9-13-29(2)38(48)26-36-21-16-33(6)45(54,56-36)42(51)43(52)46-23-11-10-14-37(46)44(53)55-41(32(5)25-34-17-19-35(47)20-18-34)22-15-30(3)39(49)27-40(50)31(4)24-28/h7-9,12-13,15,28,31-39,41,47-49,54H,10-11,14,16-27H2,1-6H3/b9-7+,12-8+,29-13+,30-15+/t28-,31-,32-,33-,34?,35?,36+,37+,38-,39+,41?,45-/m1/s1. The first-order valence-corrected chi connectivity index (χ1v) is 21.2. The van der Waals surface area contributed by atoms with E-state index in [1.165, 1.54) is 4.90 Å². The van der Waals surface area contributed by atoms with E-state index in [9.17, 15) is 39.6 Å². The van der Waals surface area contributed by atoms with Crippen molar-refractivity contribution >= 4 is 23.4 Å². The maximum atomic E-state index is 14.1. The van der Waals surface area contributed by atoms with Crippen LogP contribution in [0.4, 0.5) is 0 Å². The van der Waals surface area contributed by atoms with Crippen molar-refractivity contribution in [1.29, 1.82) is 0 Å². The molecule has 1 amide bonds. The number of Topliss-reactive ketones (excluding diaryl/α,β-unsaturated/α-hetero) is 2. The summed E-state index contributed by atoms with van der Waals surface area (Å²) in [6.45, 7) is 11.3. The van der Waals surface area contributed by atoms with Gasteiger partial charge in [-0.3, -0.25) is 14.4 Å². The van der Waals surface area contributed by atoms with E-state index >= 15 is 0 Å². The summed E-state index contributed by atoms with van der Waals surface area (Å²) in [4.78, 5) is 56.5. The van der Waals surface area contributed by atoms with Crippen LogP contribution in [0, 0.1) is 29.6 Å². The van der Waals surface area contributed by atoms with Crippen LogP contribution in [-0.2, 0) is 28.7 Å². The Bertz CT molecular complexity index is 1480. The smallest absolute Gasteiger partial charge is 0.329 e. The lowest BCUT2D eigenvalue weighted by atomic mass is 9.80. The molecule has 0 spiro atoms. The second-order valence-electron chi connectivity index (χ2n) is 17.5. The van der Waals surface area contributed by atoms with Crippen molar-refractivity contribution in [3.63, 3.8) is 0 Å². The Morgan fingerprint density at radius 1 is 0.857 bits per heavy atom. The number of ether oxygens (including phenoxy) is 2. The average molecular weight is 784 g/mol. The first-order valence-electron chi connectivity index (χ1n) is 21.2. The van der Waals surface area contributed by atoms with Crippen LogP contribution in [0.1, 0.15) is 131 Å². The van der Waals surface area contributed by atoms with Gasteiger partial charge in [0.1, 0.15) is 17.9 Å². The van der Waals surface area contributed by atoms with Gasteiger partial charge in [0, 0.05) is 37.6 Å². The third kappa shape index (κ3) is 12.5. The second kappa shape index (κ2) is 21.2. The Morgan fingerprint density at radius 3 is 2.29 bits per heavy atom. The maximum Gasteiger partial charge on any atom is 0.329 e. The number of rotatable bonds is 3. The van der Waals surface area contributed by atoms with Crippen LogP contribution >= 0.6 is 0 Å². The van der Waals surface area contributed by atoms with Crippen molar-refractivity contribution in [3.05, 3.63) is 47.6 Å². The van der Waals surface area contributed by atoms with E-state index in [2.05, 4.69) is 0 Å². The minimum Gasteiger partial charge on any atom is -0.460 e. The molecule has 4 aliphatic rings. The predicted molar refractivity (Wildman–Crippen MR) is 214 cm³/mol. The molecule has 3 fully saturated rings. The van der Waals surface area contributed by atoms with Gasteiger partial charge in [-0.05, 0) is 113 Å². The number of fused-ring (bicyclic) bond motifs is 3. The van der Waals surface area contributed by atoms with Crippen molar-refractivity contribution in [3.8, 4) is 0 Å². The SMILES string of the molecule is C\C1=C/C=C/C=C/[C@@H](C)C[C@@H](C)C(=O)C[C@H](O)/C(C)=C/CC([C@H](C)CC2CCC(O)CC2)OC(=O)[C@@H]2CCCCN2C(=O)C(=O)[C@]2(O)O[C@@H](CC[C@H]2C)C[C@H]1O. The summed E-state index contributed by atoms with van der Waals surface area (Å²) in [7, 11) is 0. The number of nitrogens with zero attached hydrogens (tertiary/aromatic N) is 1. The number of allylic oxidation sites excluding steroid dienone is 5. The number of carbonyl (C=O) groups is 4. The Hall–Kier alpha value is -2.96. The van der Waals surface area contributed by atoms with Crippen LogP contribution in [0.3, 0.4) is 0 Å². The van der Waals surface area contributed by atoms with Gasteiger partial charge in [0.05, 0.1) is 24.4 Å². The Kier molecular flexibility index (Phi) is 17.3. The quantitative estimate of drug-likeness (QED) is 0.150. The molecule has 1 saturated carbocycles. The number of hydrogen-bond donors (Lipinski definition) is 4. The van der Waals surface area contributed by atoms with E-state index in [0.29, 0.717) is 55.6 Å². The molecule has 2 bridgehead atoms. The summed E-state index contributed by atoms with van der Waals surface area (Å²) >= 11 is 0. The molecule has 1 unspecified atom stereocenters. The molecular formula is C45H69NO10. The molecule has 0 aromatic rings. The largest absolute Gasteiger partial charge is 0.460 e. The third-order valence-corrected chi connectivity index (χ3v) is 12.8. The molecule has 4 rings (SSSR count). The molecule has 4 N–H and O–H groups in total. The summed E-state index contributed by atoms with van der Waals surface area (Å²) in [5, 5.41) is 43.9. The first kappa shape index (κ1) is 45.7. The molecule has 3 heterocycles. The van der Waals surface area contributed by atoms with Crippen LogP contribution < -0.4 is 0 Å². The lowest BCUT2D eigenvalue weighted by Crippen LogP contribution is -2.60. The highest BCUT2D eigenvalue weighted by Gasteiger charge is 2.53. The number of aliphatic hydroxyl groups is 4. The zero-order valence-corrected chi connectivity index (χ0v) is 34.6. The highest BCUT2D eigenvalue weighted by Crippen LogP contribution is 2.37. The van der Waals surface area contributed by atoms with Gasteiger partial charge >= 0.3 is 5.97 Å². The number of hydrogen-bond acceptors (Lipinski definition) is 10. The van der Waals surface area contributed by atoms with Crippen LogP contribution in [0.25, 0.3) is 0 Å². The zero-order valence-electron chi connectivity index (χ0n) is 34.6. The summed E-state index contributed by atoms with van der Waals surface area (Å²) in [5.74, 6) is -5.79. The zero-order chi connectivity index (χ0) is 41.2. The lowest BCUT2D eigenvalue weighted by molar-refractivity contribution is -0.265. The van der Waals surface area contributed by atoms with Gasteiger partial charge in [0.2, 0.25) is 5.79 Å². The fourth-order valence-electron chi connectivity index (χ4n) is 8.72. The van der Waals surface area contributed by atoms with E-state index in [-0.39, 0.29) is 55.4 Å². The number of aliphatic hydroxyl groups excluding tert-OH is 3. The number of esters is 1. The molecule has 11 heteroatoms. The number of amides is 1. The van der Waals surface area contributed by atoms with Crippen LogP contribution in [-0.4, -0.2) is 97.7 Å². The van der Waals surface area contributed by atoms with Crippen LogP contribution in [0.5, 0.6) is 0 Å². The second-order valence-corrected chi connectivity index (χ2v) is 17.5.